The molecule has 6 nitrogen and oxygen atoms in total. The Morgan fingerprint density at radius 1 is 1.36 bits per heavy atom. The number of carbonyl (C=O) groups excluding carboxylic acids is 1. The molecule has 0 bridgehead atoms. The van der Waals surface area contributed by atoms with Crippen molar-refractivity contribution in [1.29, 1.82) is 0 Å². The average Bonchev–Trinajstić information content (AvgIpc) is 3.05. The summed E-state index contributed by atoms with van der Waals surface area (Å²) in [7, 11) is 1.63. The van der Waals surface area contributed by atoms with Crippen molar-refractivity contribution < 1.29 is 9.53 Å². The van der Waals surface area contributed by atoms with Crippen LogP contribution in [-0.4, -0.2) is 27.6 Å². The number of hydrogen-bond acceptors (Lipinski definition) is 4. The molecule has 1 N–H and O–H groups in total. The fraction of sp³-hybridized carbons (Fsp3) is 0.167. The van der Waals surface area contributed by atoms with Crippen molar-refractivity contribution in [3.05, 3.63) is 64.8 Å². The zero-order chi connectivity index (χ0) is 17.4. The van der Waals surface area contributed by atoms with Gasteiger partial charge in [0.25, 0.3) is 0 Å². The molecule has 1 aliphatic heterocycles. The Bertz CT molecular complexity index is 940. The molecule has 0 saturated carbocycles. The SMILES string of the molecule is COc1ccc(Br)cc1C1CC(=O)Nc2c1ncn2-c1cccnc1. The zero-order valence-corrected chi connectivity index (χ0v) is 15.0. The number of amides is 1. The van der Waals surface area contributed by atoms with E-state index in [1.807, 2.05) is 34.9 Å². The van der Waals surface area contributed by atoms with Gasteiger partial charge in [0.15, 0.2) is 0 Å². The normalized spacial score (nSPS) is 16.2. The summed E-state index contributed by atoms with van der Waals surface area (Å²) in [6.07, 6.45) is 5.48. The lowest BCUT2D eigenvalue weighted by Crippen LogP contribution is -2.25. The van der Waals surface area contributed by atoms with Crippen molar-refractivity contribution in [3.63, 3.8) is 0 Å². The highest BCUT2D eigenvalue weighted by atomic mass is 79.9. The van der Waals surface area contributed by atoms with Gasteiger partial charge in [-0.1, -0.05) is 15.9 Å². The molecule has 0 spiro atoms. The minimum absolute atomic E-state index is 0.0508. The smallest absolute Gasteiger partial charge is 0.226 e. The Morgan fingerprint density at radius 2 is 2.24 bits per heavy atom. The van der Waals surface area contributed by atoms with E-state index < -0.39 is 0 Å². The highest BCUT2D eigenvalue weighted by molar-refractivity contribution is 9.10. The molecule has 7 heteroatoms. The van der Waals surface area contributed by atoms with Gasteiger partial charge in [-0.3, -0.25) is 14.3 Å². The number of imidazole rings is 1. The summed E-state index contributed by atoms with van der Waals surface area (Å²) in [6, 6.07) is 9.56. The van der Waals surface area contributed by atoms with Crippen LogP contribution in [0.2, 0.25) is 0 Å². The zero-order valence-electron chi connectivity index (χ0n) is 13.4. The van der Waals surface area contributed by atoms with E-state index in [0.717, 1.165) is 27.2 Å². The van der Waals surface area contributed by atoms with Gasteiger partial charge >= 0.3 is 0 Å². The molecule has 2 aromatic heterocycles. The number of benzene rings is 1. The molecule has 0 aliphatic carbocycles. The van der Waals surface area contributed by atoms with Gasteiger partial charge in [-0.05, 0) is 30.3 Å². The first kappa shape index (κ1) is 15.8. The van der Waals surface area contributed by atoms with Crippen molar-refractivity contribution in [1.82, 2.24) is 14.5 Å². The van der Waals surface area contributed by atoms with Crippen LogP contribution in [-0.2, 0) is 4.79 Å². The highest BCUT2D eigenvalue weighted by Crippen LogP contribution is 2.41. The van der Waals surface area contributed by atoms with Crippen molar-refractivity contribution in [3.8, 4) is 11.4 Å². The summed E-state index contributed by atoms with van der Waals surface area (Å²) in [4.78, 5) is 21.1. The number of pyridine rings is 1. The molecule has 3 heterocycles. The Labute approximate surface area is 153 Å². The fourth-order valence-corrected chi connectivity index (χ4v) is 3.51. The molecule has 25 heavy (non-hydrogen) atoms. The van der Waals surface area contributed by atoms with E-state index in [4.69, 9.17) is 4.74 Å². The first-order chi connectivity index (χ1) is 12.2. The van der Waals surface area contributed by atoms with Gasteiger partial charge in [-0.2, -0.15) is 0 Å². The second-order valence-corrected chi connectivity index (χ2v) is 6.67. The number of hydrogen-bond donors (Lipinski definition) is 1. The number of ether oxygens (including phenoxy) is 1. The molecular formula is C18H15BrN4O2. The molecule has 1 aromatic carbocycles. The Kier molecular flexibility index (Phi) is 4.01. The van der Waals surface area contributed by atoms with Crippen LogP contribution in [0.15, 0.2) is 53.5 Å². The maximum Gasteiger partial charge on any atom is 0.226 e. The van der Waals surface area contributed by atoms with Gasteiger partial charge in [0.1, 0.15) is 17.9 Å². The molecule has 1 unspecified atom stereocenters. The number of halogens is 1. The maximum absolute atomic E-state index is 12.4. The van der Waals surface area contributed by atoms with Gasteiger partial charge in [-0.15, -0.1) is 0 Å². The predicted octanol–water partition coefficient (Wildman–Crippen LogP) is 3.51. The number of carbonyl (C=O) groups is 1. The highest BCUT2D eigenvalue weighted by Gasteiger charge is 2.32. The van der Waals surface area contributed by atoms with E-state index in [9.17, 15) is 4.79 Å². The van der Waals surface area contributed by atoms with Crippen LogP contribution in [0.5, 0.6) is 5.75 Å². The summed E-state index contributed by atoms with van der Waals surface area (Å²) < 4.78 is 8.28. The maximum atomic E-state index is 12.4. The van der Waals surface area contributed by atoms with E-state index in [0.29, 0.717) is 12.2 Å². The van der Waals surface area contributed by atoms with Crippen molar-refractivity contribution in [2.24, 2.45) is 0 Å². The molecule has 1 aliphatic rings. The van der Waals surface area contributed by atoms with Gasteiger partial charge in [0.2, 0.25) is 5.91 Å². The number of fused-ring (bicyclic) bond motifs is 1. The van der Waals surface area contributed by atoms with Crippen molar-refractivity contribution in [2.45, 2.75) is 12.3 Å². The summed E-state index contributed by atoms with van der Waals surface area (Å²) in [5.74, 6) is 1.19. The van der Waals surface area contributed by atoms with Crippen LogP contribution in [0.1, 0.15) is 23.6 Å². The lowest BCUT2D eigenvalue weighted by atomic mass is 9.89. The Morgan fingerprint density at radius 3 is 3.00 bits per heavy atom. The van der Waals surface area contributed by atoms with Crippen LogP contribution in [0.3, 0.4) is 0 Å². The molecule has 126 valence electrons. The van der Waals surface area contributed by atoms with Crippen LogP contribution in [0, 0.1) is 0 Å². The largest absolute Gasteiger partial charge is 0.496 e. The minimum atomic E-state index is -0.172. The van der Waals surface area contributed by atoms with E-state index in [1.165, 1.54) is 0 Å². The van der Waals surface area contributed by atoms with E-state index in [2.05, 4.69) is 31.2 Å². The number of nitrogens with zero attached hydrogens (tertiary/aromatic N) is 3. The molecule has 1 amide bonds. The standard InChI is InChI=1S/C18H15BrN4O2/c1-25-15-5-4-11(19)7-13(15)14-8-16(24)22-18-17(14)21-10-23(18)12-3-2-6-20-9-12/h2-7,9-10,14H,8H2,1H3,(H,22,24). The van der Waals surface area contributed by atoms with Gasteiger partial charge < -0.3 is 10.1 Å². The lowest BCUT2D eigenvalue weighted by Gasteiger charge is -2.24. The minimum Gasteiger partial charge on any atom is -0.496 e. The molecule has 0 saturated heterocycles. The summed E-state index contributed by atoms with van der Waals surface area (Å²) in [5.41, 5.74) is 2.60. The number of rotatable bonds is 3. The third-order valence-corrected chi connectivity index (χ3v) is 4.76. The first-order valence-electron chi connectivity index (χ1n) is 7.78. The second-order valence-electron chi connectivity index (χ2n) is 5.75. The average molecular weight is 399 g/mol. The number of methoxy groups -OCH3 is 1. The Hall–Kier alpha value is -2.67. The predicted molar refractivity (Wildman–Crippen MR) is 97.1 cm³/mol. The van der Waals surface area contributed by atoms with E-state index in [-0.39, 0.29) is 11.8 Å². The number of aromatic nitrogens is 3. The first-order valence-corrected chi connectivity index (χ1v) is 8.57. The fourth-order valence-electron chi connectivity index (χ4n) is 3.13. The molecule has 3 aromatic rings. The monoisotopic (exact) mass is 398 g/mol. The summed E-state index contributed by atoms with van der Waals surface area (Å²) >= 11 is 3.50. The van der Waals surface area contributed by atoms with Gasteiger partial charge in [0.05, 0.1) is 24.7 Å². The van der Waals surface area contributed by atoms with Crippen LogP contribution >= 0.6 is 15.9 Å². The second kappa shape index (κ2) is 6.33. The molecule has 0 radical (unpaired) electrons. The summed E-state index contributed by atoms with van der Waals surface area (Å²) in [6.45, 7) is 0. The van der Waals surface area contributed by atoms with Gasteiger partial charge in [-0.25, -0.2) is 4.98 Å². The molecule has 1 atom stereocenters. The van der Waals surface area contributed by atoms with E-state index in [1.54, 1.807) is 25.8 Å². The Balaban J connectivity index is 1.86. The quantitative estimate of drug-likeness (QED) is 0.732. The third kappa shape index (κ3) is 2.80. The van der Waals surface area contributed by atoms with Crippen molar-refractivity contribution >= 4 is 27.7 Å². The van der Waals surface area contributed by atoms with Crippen LogP contribution in [0.4, 0.5) is 5.82 Å². The molecular weight excluding hydrogens is 384 g/mol. The van der Waals surface area contributed by atoms with Crippen molar-refractivity contribution in [2.75, 3.05) is 12.4 Å². The lowest BCUT2D eigenvalue weighted by molar-refractivity contribution is -0.116. The summed E-state index contributed by atoms with van der Waals surface area (Å²) in [5, 5.41) is 2.94. The molecule has 4 rings (SSSR count). The molecule has 0 fully saturated rings. The van der Waals surface area contributed by atoms with Gasteiger partial charge in [0, 0.05) is 28.6 Å². The number of anilines is 1. The van der Waals surface area contributed by atoms with E-state index >= 15 is 0 Å². The number of nitrogens with one attached hydrogen (secondary N) is 1. The van der Waals surface area contributed by atoms with Crippen LogP contribution < -0.4 is 10.1 Å². The topological polar surface area (TPSA) is 69.0 Å². The third-order valence-electron chi connectivity index (χ3n) is 4.26. The van der Waals surface area contributed by atoms with Crippen LogP contribution in [0.25, 0.3) is 5.69 Å².